The molecule has 144 valence electrons. The predicted molar refractivity (Wildman–Crippen MR) is 102 cm³/mol. The molecule has 4 rings (SSSR count). The molecule has 2 amide bonds. The molecule has 0 saturated heterocycles. The Kier molecular flexibility index (Phi) is 7.15. The number of nitrogens with one attached hydrogen (secondary N) is 3. The molecule has 0 spiro atoms. The highest BCUT2D eigenvalue weighted by Gasteiger charge is 2.51. The van der Waals surface area contributed by atoms with Crippen molar-refractivity contribution in [2.75, 3.05) is 19.6 Å². The second-order valence-electron chi connectivity index (χ2n) is 8.63. The molecule has 4 saturated carbocycles. The number of carbonyl (C=O) groups excluding carboxylic acids is 2. The molecule has 0 heterocycles. The van der Waals surface area contributed by atoms with Crippen molar-refractivity contribution in [3.05, 3.63) is 0 Å². The average molecular weight is 372 g/mol. The van der Waals surface area contributed by atoms with Gasteiger partial charge in [0, 0.05) is 19.0 Å². The first kappa shape index (κ1) is 20.5. The van der Waals surface area contributed by atoms with Crippen LogP contribution in [-0.2, 0) is 9.59 Å². The third kappa shape index (κ3) is 5.33. The minimum Gasteiger partial charge on any atom is -0.353 e. The van der Waals surface area contributed by atoms with Crippen molar-refractivity contribution < 1.29 is 9.59 Å². The molecular weight excluding hydrogens is 338 g/mol. The van der Waals surface area contributed by atoms with E-state index in [9.17, 15) is 9.59 Å². The summed E-state index contributed by atoms with van der Waals surface area (Å²) in [5.41, 5.74) is 0.245. The molecule has 3 N–H and O–H groups in total. The Balaban J connectivity index is 0.00000225. The Labute approximate surface area is 157 Å². The molecule has 4 fully saturated rings. The van der Waals surface area contributed by atoms with Gasteiger partial charge in [0.05, 0.1) is 6.54 Å². The lowest BCUT2D eigenvalue weighted by atomic mass is 9.49. The highest BCUT2D eigenvalue weighted by atomic mass is 35.5. The summed E-state index contributed by atoms with van der Waals surface area (Å²) in [6.07, 6.45) is 8.52. The van der Waals surface area contributed by atoms with Crippen molar-refractivity contribution in [2.24, 2.45) is 23.2 Å². The van der Waals surface area contributed by atoms with Gasteiger partial charge >= 0.3 is 0 Å². The average Bonchev–Trinajstić information content (AvgIpc) is 2.49. The van der Waals surface area contributed by atoms with Crippen LogP contribution >= 0.6 is 12.4 Å². The molecule has 0 aromatic rings. The smallest absolute Gasteiger partial charge is 0.239 e. The van der Waals surface area contributed by atoms with E-state index in [0.29, 0.717) is 13.0 Å². The monoisotopic (exact) mass is 371 g/mol. The fourth-order valence-electron chi connectivity index (χ4n) is 5.84. The molecule has 1 atom stereocenters. The van der Waals surface area contributed by atoms with E-state index in [0.717, 1.165) is 24.3 Å². The minimum atomic E-state index is -0.0985. The van der Waals surface area contributed by atoms with Gasteiger partial charge in [-0.25, -0.2) is 0 Å². The van der Waals surface area contributed by atoms with E-state index < -0.39 is 0 Å². The Morgan fingerprint density at radius 3 is 2.08 bits per heavy atom. The van der Waals surface area contributed by atoms with Crippen LogP contribution in [0.1, 0.15) is 58.8 Å². The molecule has 0 radical (unpaired) electrons. The van der Waals surface area contributed by atoms with Gasteiger partial charge < -0.3 is 16.0 Å². The van der Waals surface area contributed by atoms with Crippen molar-refractivity contribution >= 4 is 24.2 Å². The molecule has 0 unspecified atom stereocenters. The van der Waals surface area contributed by atoms with Gasteiger partial charge in [-0.3, -0.25) is 9.59 Å². The zero-order valence-corrected chi connectivity index (χ0v) is 16.4. The standard InChI is InChI=1S/C19H33N3O2.ClH/c1-3-20-13(2)11-21-18(24)12-22-17(23)10-19-7-14-4-15(8-19)6-16(5-14)9-19;/h13-16,20H,3-12H2,1-2H3,(H,21,24)(H,22,23);1H/t13-,14?,15?,16?,19?;/m1./s1. The van der Waals surface area contributed by atoms with E-state index in [1.165, 1.54) is 38.5 Å². The highest BCUT2D eigenvalue weighted by Crippen LogP contribution is 2.61. The van der Waals surface area contributed by atoms with E-state index in [-0.39, 0.29) is 42.2 Å². The van der Waals surface area contributed by atoms with Gasteiger partial charge in [-0.2, -0.15) is 0 Å². The van der Waals surface area contributed by atoms with Crippen molar-refractivity contribution in [3.63, 3.8) is 0 Å². The Bertz CT molecular complexity index is 448. The quantitative estimate of drug-likeness (QED) is 0.612. The number of amides is 2. The van der Waals surface area contributed by atoms with Crippen LogP contribution in [0.25, 0.3) is 0 Å². The third-order valence-corrected chi connectivity index (χ3v) is 6.30. The van der Waals surface area contributed by atoms with Crippen molar-refractivity contribution in [3.8, 4) is 0 Å². The summed E-state index contributed by atoms with van der Waals surface area (Å²) in [6, 6.07) is 0.252. The Morgan fingerprint density at radius 1 is 1.00 bits per heavy atom. The van der Waals surface area contributed by atoms with E-state index in [1.54, 1.807) is 0 Å². The van der Waals surface area contributed by atoms with Crippen molar-refractivity contribution in [1.82, 2.24) is 16.0 Å². The van der Waals surface area contributed by atoms with Gasteiger partial charge in [0.25, 0.3) is 0 Å². The minimum absolute atomic E-state index is 0. The molecule has 6 heteroatoms. The van der Waals surface area contributed by atoms with Crippen LogP contribution in [0.2, 0.25) is 0 Å². The SMILES string of the molecule is CCN[C@H](C)CNC(=O)CNC(=O)CC12CC3CC(CC(C3)C1)C2.Cl. The first-order chi connectivity index (χ1) is 11.5. The topological polar surface area (TPSA) is 70.2 Å². The van der Waals surface area contributed by atoms with Gasteiger partial charge in [0.1, 0.15) is 0 Å². The Hall–Kier alpha value is -0.810. The van der Waals surface area contributed by atoms with Crippen LogP contribution in [0.3, 0.4) is 0 Å². The van der Waals surface area contributed by atoms with Crippen molar-refractivity contribution in [2.45, 2.75) is 64.8 Å². The molecule has 0 aliphatic heterocycles. The first-order valence-corrected chi connectivity index (χ1v) is 9.75. The molecular formula is C19H34ClN3O2. The second-order valence-corrected chi connectivity index (χ2v) is 8.63. The number of hydrogen-bond donors (Lipinski definition) is 3. The summed E-state index contributed by atoms with van der Waals surface area (Å²) in [5.74, 6) is 2.55. The molecule has 25 heavy (non-hydrogen) atoms. The molecule has 4 aliphatic rings. The van der Waals surface area contributed by atoms with Gasteiger partial charge in [0.2, 0.25) is 11.8 Å². The maximum Gasteiger partial charge on any atom is 0.239 e. The predicted octanol–water partition coefficient (Wildman–Crippen LogP) is 2.25. The zero-order valence-electron chi connectivity index (χ0n) is 15.6. The number of carbonyl (C=O) groups is 2. The highest BCUT2D eigenvalue weighted by molar-refractivity contribution is 5.85. The second kappa shape index (κ2) is 8.72. The molecule has 4 bridgehead atoms. The maximum atomic E-state index is 12.4. The summed E-state index contributed by atoms with van der Waals surface area (Å²) >= 11 is 0. The fraction of sp³-hybridized carbons (Fsp3) is 0.895. The van der Waals surface area contributed by atoms with Crippen LogP contribution in [0, 0.1) is 23.2 Å². The van der Waals surface area contributed by atoms with Gasteiger partial charge in [-0.15, -0.1) is 12.4 Å². The number of hydrogen-bond acceptors (Lipinski definition) is 3. The number of halogens is 1. The summed E-state index contributed by atoms with van der Waals surface area (Å²) in [5, 5.41) is 8.96. The molecule has 0 aromatic heterocycles. The summed E-state index contributed by atoms with van der Waals surface area (Å²) in [6.45, 7) is 5.67. The van der Waals surface area contributed by atoms with Crippen LogP contribution in [0.5, 0.6) is 0 Å². The number of likely N-dealkylation sites (N-methyl/N-ethyl adjacent to an activating group) is 1. The Morgan fingerprint density at radius 2 is 1.56 bits per heavy atom. The van der Waals surface area contributed by atoms with E-state index >= 15 is 0 Å². The molecule has 4 aliphatic carbocycles. The maximum absolute atomic E-state index is 12.4. The lowest BCUT2D eigenvalue weighted by molar-refractivity contribution is -0.131. The van der Waals surface area contributed by atoms with Gasteiger partial charge in [-0.05, 0) is 75.2 Å². The lowest BCUT2D eigenvalue weighted by Crippen LogP contribution is -2.49. The normalized spacial score (nSPS) is 33.4. The van der Waals surface area contributed by atoms with E-state index in [1.807, 2.05) is 13.8 Å². The van der Waals surface area contributed by atoms with Crippen molar-refractivity contribution in [1.29, 1.82) is 0 Å². The molecule has 0 aromatic carbocycles. The summed E-state index contributed by atoms with van der Waals surface area (Å²) < 4.78 is 0. The van der Waals surface area contributed by atoms with Crippen LogP contribution < -0.4 is 16.0 Å². The lowest BCUT2D eigenvalue weighted by Gasteiger charge is -2.56. The largest absolute Gasteiger partial charge is 0.353 e. The van der Waals surface area contributed by atoms with Gasteiger partial charge in [-0.1, -0.05) is 6.92 Å². The summed E-state index contributed by atoms with van der Waals surface area (Å²) in [7, 11) is 0. The summed E-state index contributed by atoms with van der Waals surface area (Å²) in [4.78, 5) is 24.2. The van der Waals surface area contributed by atoms with Crippen LogP contribution in [0.15, 0.2) is 0 Å². The fourth-order valence-corrected chi connectivity index (χ4v) is 5.84. The van der Waals surface area contributed by atoms with Crippen LogP contribution in [-0.4, -0.2) is 37.5 Å². The van der Waals surface area contributed by atoms with E-state index in [4.69, 9.17) is 0 Å². The number of rotatable bonds is 8. The zero-order chi connectivity index (χ0) is 17.2. The molecule has 5 nitrogen and oxygen atoms in total. The first-order valence-electron chi connectivity index (χ1n) is 9.75. The third-order valence-electron chi connectivity index (χ3n) is 6.30. The van der Waals surface area contributed by atoms with E-state index in [2.05, 4.69) is 16.0 Å². The van der Waals surface area contributed by atoms with Crippen LogP contribution in [0.4, 0.5) is 0 Å². The van der Waals surface area contributed by atoms with Gasteiger partial charge in [0.15, 0.2) is 0 Å².